The number of hydrogen-bond donors (Lipinski definition) is 3. The molecule has 1 aromatic rings. The first-order valence-electron chi connectivity index (χ1n) is 3.18. The Morgan fingerprint density at radius 1 is 1.45 bits per heavy atom. The zero-order valence-corrected chi connectivity index (χ0v) is 6.29. The second-order valence-electron chi connectivity index (χ2n) is 2.10. The fraction of sp³-hybridized carbons (Fsp3) is 0.143. The lowest BCUT2D eigenvalue weighted by molar-refractivity contribution is 0.417. The molecule has 0 amide bonds. The van der Waals surface area contributed by atoms with Gasteiger partial charge in [-0.1, -0.05) is 0 Å². The van der Waals surface area contributed by atoms with Crippen molar-refractivity contribution < 1.29 is 4.74 Å². The average molecular weight is 153 g/mol. The van der Waals surface area contributed by atoms with Crippen LogP contribution in [0.25, 0.3) is 0 Å². The molecule has 0 saturated carbocycles. The average Bonchev–Trinajstić information content (AvgIpc) is 2.05. The van der Waals surface area contributed by atoms with E-state index >= 15 is 0 Å². The number of anilines is 2. The van der Waals surface area contributed by atoms with Crippen molar-refractivity contribution in [1.29, 1.82) is 0 Å². The number of nitrogens with one attached hydrogen (secondary N) is 1. The second kappa shape index (κ2) is 3.12. The largest absolute Gasteiger partial charge is 0.495 e. The molecule has 0 fully saturated rings. The van der Waals surface area contributed by atoms with Gasteiger partial charge in [0.1, 0.15) is 5.75 Å². The Labute approximate surface area is 65.1 Å². The molecule has 0 aliphatic carbocycles. The molecule has 4 heteroatoms. The molecule has 60 valence electrons. The molecular formula is C7H11N3O. The first-order chi connectivity index (χ1) is 5.27. The van der Waals surface area contributed by atoms with E-state index < -0.39 is 0 Å². The summed E-state index contributed by atoms with van der Waals surface area (Å²) in [4.78, 5) is 0. The molecule has 0 aromatic heterocycles. The molecule has 1 rings (SSSR count). The van der Waals surface area contributed by atoms with E-state index in [2.05, 4.69) is 5.43 Å². The van der Waals surface area contributed by atoms with E-state index in [0.717, 1.165) is 5.69 Å². The summed E-state index contributed by atoms with van der Waals surface area (Å²) in [6.45, 7) is 0. The van der Waals surface area contributed by atoms with Gasteiger partial charge in [0, 0.05) is 6.07 Å². The molecule has 0 saturated heterocycles. The third-order valence-electron chi connectivity index (χ3n) is 1.40. The number of nitrogen functional groups attached to an aromatic ring is 2. The first-order valence-corrected chi connectivity index (χ1v) is 3.18. The van der Waals surface area contributed by atoms with Crippen LogP contribution in [0, 0.1) is 0 Å². The van der Waals surface area contributed by atoms with Gasteiger partial charge in [-0.15, -0.1) is 0 Å². The van der Waals surface area contributed by atoms with Gasteiger partial charge in [0.15, 0.2) is 0 Å². The number of hydrazine groups is 1. The molecule has 0 aliphatic heterocycles. The number of rotatable bonds is 2. The normalized spacial score (nSPS) is 9.27. The lowest BCUT2D eigenvalue weighted by Gasteiger charge is -2.05. The Hall–Kier alpha value is -1.42. The van der Waals surface area contributed by atoms with Crippen LogP contribution in [0.4, 0.5) is 11.4 Å². The van der Waals surface area contributed by atoms with Crippen LogP contribution in [0.15, 0.2) is 18.2 Å². The van der Waals surface area contributed by atoms with E-state index in [1.165, 1.54) is 0 Å². The number of hydrogen-bond acceptors (Lipinski definition) is 4. The number of nitrogens with two attached hydrogens (primary N) is 2. The summed E-state index contributed by atoms with van der Waals surface area (Å²) >= 11 is 0. The summed E-state index contributed by atoms with van der Waals surface area (Å²) in [5.41, 5.74) is 9.43. The highest BCUT2D eigenvalue weighted by atomic mass is 16.5. The van der Waals surface area contributed by atoms with Gasteiger partial charge in [0.25, 0.3) is 0 Å². The van der Waals surface area contributed by atoms with Gasteiger partial charge in [0.2, 0.25) is 0 Å². The van der Waals surface area contributed by atoms with Crippen molar-refractivity contribution in [3.8, 4) is 5.75 Å². The first kappa shape index (κ1) is 7.68. The highest BCUT2D eigenvalue weighted by Gasteiger charge is 1.98. The van der Waals surface area contributed by atoms with E-state index in [0.29, 0.717) is 11.4 Å². The van der Waals surface area contributed by atoms with Crippen LogP contribution in [-0.2, 0) is 0 Å². The van der Waals surface area contributed by atoms with Crippen LogP contribution >= 0.6 is 0 Å². The molecule has 0 atom stereocenters. The van der Waals surface area contributed by atoms with Crippen LogP contribution in [0.1, 0.15) is 0 Å². The summed E-state index contributed by atoms with van der Waals surface area (Å²) in [6, 6.07) is 5.24. The summed E-state index contributed by atoms with van der Waals surface area (Å²) < 4.78 is 4.97. The monoisotopic (exact) mass is 153 g/mol. The summed E-state index contributed by atoms with van der Waals surface area (Å²) in [5.74, 6) is 5.80. The Morgan fingerprint density at radius 3 is 2.73 bits per heavy atom. The highest BCUT2D eigenvalue weighted by Crippen LogP contribution is 2.23. The number of methoxy groups -OCH3 is 1. The van der Waals surface area contributed by atoms with Crippen molar-refractivity contribution in [2.45, 2.75) is 0 Å². The molecule has 0 bridgehead atoms. The third-order valence-corrected chi connectivity index (χ3v) is 1.40. The molecule has 0 heterocycles. The van der Waals surface area contributed by atoms with Crippen molar-refractivity contribution in [3.05, 3.63) is 18.2 Å². The zero-order valence-electron chi connectivity index (χ0n) is 6.29. The van der Waals surface area contributed by atoms with Gasteiger partial charge in [-0.2, -0.15) is 0 Å². The van der Waals surface area contributed by atoms with Crippen LogP contribution in [0.5, 0.6) is 5.75 Å². The van der Waals surface area contributed by atoms with Crippen molar-refractivity contribution in [1.82, 2.24) is 0 Å². The van der Waals surface area contributed by atoms with E-state index in [4.69, 9.17) is 16.3 Å². The molecule has 4 nitrogen and oxygen atoms in total. The SMILES string of the molecule is COc1cc(NN)ccc1N. The van der Waals surface area contributed by atoms with Crippen LogP contribution < -0.4 is 21.7 Å². The third kappa shape index (κ3) is 1.53. The minimum absolute atomic E-state index is 0.603. The smallest absolute Gasteiger partial charge is 0.143 e. The van der Waals surface area contributed by atoms with Crippen LogP contribution in [0.3, 0.4) is 0 Å². The quantitative estimate of drug-likeness (QED) is 0.330. The molecule has 5 N–H and O–H groups in total. The van der Waals surface area contributed by atoms with Gasteiger partial charge < -0.3 is 15.9 Å². The van der Waals surface area contributed by atoms with Gasteiger partial charge >= 0.3 is 0 Å². The fourth-order valence-electron chi connectivity index (χ4n) is 0.801. The van der Waals surface area contributed by atoms with E-state index in [9.17, 15) is 0 Å². The predicted octanol–water partition coefficient (Wildman–Crippen LogP) is 0.563. The van der Waals surface area contributed by atoms with Crippen LogP contribution in [0.2, 0.25) is 0 Å². The Morgan fingerprint density at radius 2 is 2.18 bits per heavy atom. The predicted molar refractivity (Wildman–Crippen MR) is 45.2 cm³/mol. The minimum Gasteiger partial charge on any atom is -0.495 e. The zero-order chi connectivity index (χ0) is 8.27. The summed E-state index contributed by atoms with van der Waals surface area (Å²) in [6.07, 6.45) is 0. The molecule has 0 spiro atoms. The van der Waals surface area contributed by atoms with Crippen molar-refractivity contribution in [2.75, 3.05) is 18.3 Å². The molecule has 0 aliphatic rings. The van der Waals surface area contributed by atoms with E-state index in [1.807, 2.05) is 0 Å². The van der Waals surface area contributed by atoms with Crippen LogP contribution in [-0.4, -0.2) is 7.11 Å². The maximum Gasteiger partial charge on any atom is 0.143 e. The number of benzene rings is 1. The number of ether oxygens (including phenoxy) is 1. The molecule has 0 radical (unpaired) electrons. The summed E-state index contributed by atoms with van der Waals surface area (Å²) in [5, 5.41) is 0. The summed E-state index contributed by atoms with van der Waals surface area (Å²) in [7, 11) is 1.56. The van der Waals surface area contributed by atoms with Crippen molar-refractivity contribution >= 4 is 11.4 Å². The molecule has 11 heavy (non-hydrogen) atoms. The lowest BCUT2D eigenvalue weighted by atomic mass is 10.2. The van der Waals surface area contributed by atoms with E-state index in [-0.39, 0.29) is 0 Å². The maximum absolute atomic E-state index is 5.56. The standard InChI is InChI=1S/C7H11N3O/c1-11-7-4-5(10-9)2-3-6(7)8/h2-4,10H,8-9H2,1H3. The molecule has 1 aromatic carbocycles. The highest BCUT2D eigenvalue weighted by molar-refractivity contribution is 5.60. The minimum atomic E-state index is 0.603. The second-order valence-corrected chi connectivity index (χ2v) is 2.10. The lowest BCUT2D eigenvalue weighted by Crippen LogP contribution is -2.06. The topological polar surface area (TPSA) is 73.3 Å². The molecule has 0 unspecified atom stereocenters. The Kier molecular flexibility index (Phi) is 2.18. The van der Waals surface area contributed by atoms with Gasteiger partial charge in [-0.05, 0) is 12.1 Å². The van der Waals surface area contributed by atoms with Gasteiger partial charge in [0.05, 0.1) is 18.5 Å². The Bertz CT molecular complexity index is 249. The molecular weight excluding hydrogens is 142 g/mol. The van der Waals surface area contributed by atoms with Crippen molar-refractivity contribution in [2.24, 2.45) is 5.84 Å². The van der Waals surface area contributed by atoms with E-state index in [1.54, 1.807) is 25.3 Å². The van der Waals surface area contributed by atoms with Gasteiger partial charge in [-0.3, -0.25) is 5.84 Å². The van der Waals surface area contributed by atoms with Crippen molar-refractivity contribution in [3.63, 3.8) is 0 Å². The fourth-order valence-corrected chi connectivity index (χ4v) is 0.801. The van der Waals surface area contributed by atoms with Gasteiger partial charge in [-0.25, -0.2) is 0 Å². The maximum atomic E-state index is 5.56. The Balaban J connectivity index is 3.02.